The Kier molecular flexibility index (Phi) is 3.67. The van der Waals surface area contributed by atoms with Gasteiger partial charge in [-0.15, -0.1) is 11.3 Å². The van der Waals surface area contributed by atoms with Gasteiger partial charge in [0, 0.05) is 10.5 Å². The highest BCUT2D eigenvalue weighted by Crippen LogP contribution is 2.37. The summed E-state index contributed by atoms with van der Waals surface area (Å²) in [6, 6.07) is 3.42. The minimum absolute atomic E-state index is 0.339. The van der Waals surface area contributed by atoms with E-state index < -0.39 is 0 Å². The number of thiophene rings is 1. The van der Waals surface area contributed by atoms with Crippen LogP contribution in [0.4, 0.5) is 0 Å². The Bertz CT molecular complexity index is 476. The topological polar surface area (TPSA) is 25.8 Å². The van der Waals surface area contributed by atoms with Gasteiger partial charge >= 0.3 is 0 Å². The number of aromatic nitrogens is 2. The molecule has 0 saturated carbocycles. The Balaban J connectivity index is 2.53. The van der Waals surface area contributed by atoms with E-state index >= 15 is 0 Å². The Morgan fingerprint density at radius 3 is 2.13 bits per heavy atom. The molecular weight excluding hydrogens is 387 g/mol. The summed E-state index contributed by atoms with van der Waals surface area (Å²) in [6.45, 7) is 0. The minimum Gasteiger partial charge on any atom is -0.215 e. The first-order valence-electron chi connectivity index (χ1n) is 3.71. The van der Waals surface area contributed by atoms with E-state index in [1.807, 2.05) is 6.07 Å². The zero-order valence-corrected chi connectivity index (χ0v) is 12.5. The molecule has 0 fully saturated rings. The van der Waals surface area contributed by atoms with Crippen LogP contribution in [0.25, 0.3) is 10.7 Å². The molecule has 2 nitrogen and oxygen atoms in total. The van der Waals surface area contributed by atoms with Crippen molar-refractivity contribution in [1.82, 2.24) is 9.97 Å². The van der Waals surface area contributed by atoms with Crippen LogP contribution < -0.4 is 0 Å². The molecule has 0 amide bonds. The fourth-order valence-electron chi connectivity index (χ4n) is 0.957. The third-order valence-corrected chi connectivity index (χ3v) is 5.17. The molecule has 2 rings (SSSR count). The second kappa shape index (κ2) is 4.67. The number of rotatable bonds is 1. The molecule has 0 aliphatic rings. The maximum atomic E-state index is 5.79. The van der Waals surface area contributed by atoms with Gasteiger partial charge in [-0.1, -0.05) is 23.2 Å². The third-order valence-electron chi connectivity index (χ3n) is 1.53. The van der Waals surface area contributed by atoms with Crippen LogP contribution in [0, 0.1) is 0 Å². The van der Waals surface area contributed by atoms with Crippen molar-refractivity contribution in [2.24, 2.45) is 0 Å². The lowest BCUT2D eigenvalue weighted by Crippen LogP contribution is -1.87. The fourth-order valence-corrected chi connectivity index (χ4v) is 3.35. The summed E-state index contributed by atoms with van der Waals surface area (Å²) in [5.74, 6) is 0.531. The van der Waals surface area contributed by atoms with Crippen LogP contribution in [0.1, 0.15) is 0 Å². The van der Waals surface area contributed by atoms with Gasteiger partial charge in [-0.3, -0.25) is 0 Å². The van der Waals surface area contributed by atoms with Gasteiger partial charge in [-0.05, 0) is 37.9 Å². The highest BCUT2D eigenvalue weighted by atomic mass is 79.9. The lowest BCUT2D eigenvalue weighted by molar-refractivity contribution is 1.19. The molecule has 2 heterocycles. The van der Waals surface area contributed by atoms with Crippen molar-refractivity contribution in [3.8, 4) is 10.7 Å². The van der Waals surface area contributed by atoms with E-state index in [2.05, 4.69) is 41.8 Å². The van der Waals surface area contributed by atoms with Crippen molar-refractivity contribution < 1.29 is 0 Å². The van der Waals surface area contributed by atoms with Crippen LogP contribution in [-0.2, 0) is 0 Å². The maximum Gasteiger partial charge on any atom is 0.172 e. The van der Waals surface area contributed by atoms with Gasteiger partial charge in [0.1, 0.15) is 10.3 Å². The normalized spacial score (nSPS) is 10.7. The molecule has 0 saturated heterocycles. The smallest absolute Gasteiger partial charge is 0.172 e. The molecule has 0 aromatic carbocycles. The molecule has 78 valence electrons. The zero-order chi connectivity index (χ0) is 11.0. The Morgan fingerprint density at radius 1 is 1.07 bits per heavy atom. The molecule has 0 atom stereocenters. The molecule has 0 spiro atoms. The summed E-state index contributed by atoms with van der Waals surface area (Å²) < 4.78 is 1.94. The summed E-state index contributed by atoms with van der Waals surface area (Å²) in [6.07, 6.45) is 0. The van der Waals surface area contributed by atoms with Crippen LogP contribution in [0.5, 0.6) is 0 Å². The Hall–Kier alpha value is 0.320. The fraction of sp³-hybridized carbons (Fsp3) is 0. The van der Waals surface area contributed by atoms with Gasteiger partial charge in [0.05, 0.1) is 8.66 Å². The van der Waals surface area contributed by atoms with Crippen LogP contribution in [-0.4, -0.2) is 9.97 Å². The molecule has 7 heteroatoms. The maximum absolute atomic E-state index is 5.79. The molecule has 0 bridgehead atoms. The molecule has 2 aromatic heterocycles. The number of hydrogen-bond acceptors (Lipinski definition) is 3. The second-order valence-electron chi connectivity index (χ2n) is 2.57. The predicted octanol–water partition coefficient (Wildman–Crippen LogP) is 5.04. The van der Waals surface area contributed by atoms with E-state index in [0.717, 1.165) is 13.1 Å². The highest BCUT2D eigenvalue weighted by molar-refractivity contribution is 9.13. The Morgan fingerprint density at radius 2 is 1.67 bits per heavy atom. The van der Waals surface area contributed by atoms with Crippen LogP contribution in [0.2, 0.25) is 10.3 Å². The van der Waals surface area contributed by atoms with Crippen LogP contribution in [0.3, 0.4) is 0 Å². The first-order valence-corrected chi connectivity index (χ1v) is 6.87. The van der Waals surface area contributed by atoms with Gasteiger partial charge in [0.2, 0.25) is 0 Å². The monoisotopic (exact) mass is 386 g/mol. The van der Waals surface area contributed by atoms with E-state index in [-0.39, 0.29) is 0 Å². The van der Waals surface area contributed by atoms with Crippen molar-refractivity contribution in [2.75, 3.05) is 0 Å². The summed E-state index contributed by atoms with van der Waals surface area (Å²) in [4.78, 5) is 9.10. The van der Waals surface area contributed by atoms with Crippen molar-refractivity contribution in [3.63, 3.8) is 0 Å². The van der Waals surface area contributed by atoms with Gasteiger partial charge in [0.15, 0.2) is 5.82 Å². The lowest BCUT2D eigenvalue weighted by Gasteiger charge is -1.97. The molecular formula is C8H2Br2Cl2N2S. The third kappa shape index (κ3) is 2.71. The quantitative estimate of drug-likeness (QED) is 0.640. The molecule has 0 radical (unpaired) electrons. The van der Waals surface area contributed by atoms with Crippen LogP contribution >= 0.6 is 66.4 Å². The van der Waals surface area contributed by atoms with E-state index in [1.54, 1.807) is 0 Å². The molecule has 0 aliphatic heterocycles. The first kappa shape index (κ1) is 11.8. The summed E-state index contributed by atoms with van der Waals surface area (Å²) in [5.41, 5.74) is 0. The number of hydrogen-bond donors (Lipinski definition) is 0. The summed E-state index contributed by atoms with van der Waals surface area (Å²) >= 11 is 19.9. The van der Waals surface area contributed by atoms with E-state index in [4.69, 9.17) is 23.2 Å². The van der Waals surface area contributed by atoms with Crippen molar-refractivity contribution in [3.05, 3.63) is 30.7 Å². The molecule has 0 N–H and O–H groups in total. The SMILES string of the molecule is Clc1cc(Cl)nc(-c2cc(Br)c(Br)s2)n1. The largest absolute Gasteiger partial charge is 0.215 e. The van der Waals surface area contributed by atoms with Gasteiger partial charge < -0.3 is 0 Å². The number of nitrogens with zero attached hydrogens (tertiary/aromatic N) is 2. The summed E-state index contributed by atoms with van der Waals surface area (Å²) in [5, 5.41) is 0.677. The molecule has 15 heavy (non-hydrogen) atoms. The standard InChI is InChI=1S/C8H2Br2Cl2N2S/c9-3-1-4(15-7(3)10)8-13-5(11)2-6(12)14-8/h1-2H. The lowest BCUT2D eigenvalue weighted by atomic mass is 10.4. The number of halogens is 4. The van der Waals surface area contributed by atoms with Crippen molar-refractivity contribution in [1.29, 1.82) is 0 Å². The average Bonchev–Trinajstić information content (AvgIpc) is 2.45. The van der Waals surface area contributed by atoms with Gasteiger partial charge in [-0.25, -0.2) is 9.97 Å². The average molecular weight is 389 g/mol. The predicted molar refractivity (Wildman–Crippen MR) is 70.8 cm³/mol. The summed E-state index contributed by atoms with van der Waals surface area (Å²) in [7, 11) is 0. The van der Waals surface area contributed by atoms with E-state index in [0.29, 0.717) is 16.1 Å². The Labute approximate surface area is 117 Å². The molecule has 0 unspecified atom stereocenters. The van der Waals surface area contributed by atoms with Crippen LogP contribution in [0.15, 0.2) is 20.4 Å². The van der Waals surface area contributed by atoms with Gasteiger partial charge in [0.25, 0.3) is 0 Å². The van der Waals surface area contributed by atoms with Gasteiger partial charge in [-0.2, -0.15) is 0 Å². The second-order valence-corrected chi connectivity index (χ2v) is 6.57. The molecule has 2 aromatic rings. The van der Waals surface area contributed by atoms with Crippen molar-refractivity contribution in [2.45, 2.75) is 0 Å². The van der Waals surface area contributed by atoms with E-state index in [1.165, 1.54) is 17.4 Å². The van der Waals surface area contributed by atoms with Crippen molar-refractivity contribution >= 4 is 66.4 Å². The van der Waals surface area contributed by atoms with E-state index in [9.17, 15) is 0 Å². The zero-order valence-electron chi connectivity index (χ0n) is 6.97. The first-order chi connectivity index (χ1) is 7.06. The minimum atomic E-state index is 0.339. The molecule has 0 aliphatic carbocycles. The highest BCUT2D eigenvalue weighted by Gasteiger charge is 2.10.